The Morgan fingerprint density at radius 2 is 1.79 bits per heavy atom. The number of fused-ring (bicyclic) bond motifs is 1. The van der Waals surface area contributed by atoms with Gasteiger partial charge in [-0.25, -0.2) is 13.8 Å². The summed E-state index contributed by atoms with van der Waals surface area (Å²) in [7, 11) is 0. The van der Waals surface area contributed by atoms with Crippen LogP contribution in [0.1, 0.15) is 5.69 Å². The minimum Gasteiger partial charge on any atom is -0.353 e. The third kappa shape index (κ3) is 1.77. The molecule has 0 aliphatic heterocycles. The van der Waals surface area contributed by atoms with Gasteiger partial charge in [-0.2, -0.15) is 0 Å². The van der Waals surface area contributed by atoms with Gasteiger partial charge in [0.25, 0.3) is 5.56 Å². The van der Waals surface area contributed by atoms with E-state index in [-0.39, 0.29) is 0 Å². The normalized spacial score (nSPS) is 11.1. The molecule has 0 saturated heterocycles. The summed E-state index contributed by atoms with van der Waals surface area (Å²) in [5, 5.41) is 0. The number of hydrogen-bond acceptors (Lipinski definition) is 2. The van der Waals surface area contributed by atoms with Gasteiger partial charge in [-0.15, -0.1) is 0 Å². The number of halogens is 1. The molecule has 6 heteroatoms. The summed E-state index contributed by atoms with van der Waals surface area (Å²) in [6.45, 7) is 1.79. The van der Waals surface area contributed by atoms with E-state index in [1.165, 1.54) is 24.3 Å². The van der Waals surface area contributed by atoms with Crippen molar-refractivity contribution in [1.82, 2.24) is 14.5 Å². The lowest BCUT2D eigenvalue weighted by Gasteiger charge is -2.04. The molecule has 2 aromatic heterocycles. The molecule has 0 aliphatic rings. The average Bonchev–Trinajstić information content (AvgIpc) is 2.72. The maximum atomic E-state index is 12.9. The van der Waals surface area contributed by atoms with Crippen LogP contribution in [-0.2, 0) is 0 Å². The summed E-state index contributed by atoms with van der Waals surface area (Å²) < 4.78 is 13.9. The Morgan fingerprint density at radius 3 is 2.47 bits per heavy atom. The first-order chi connectivity index (χ1) is 9.06. The lowest BCUT2D eigenvalue weighted by atomic mass is 10.3. The molecule has 0 radical (unpaired) electrons. The monoisotopic (exact) mass is 259 g/mol. The van der Waals surface area contributed by atoms with E-state index in [9.17, 15) is 14.0 Å². The quantitative estimate of drug-likeness (QED) is 0.694. The van der Waals surface area contributed by atoms with Crippen LogP contribution in [0.25, 0.3) is 16.7 Å². The standard InChI is InChI=1S/C13H10FN3O2/c1-7-6-10-11(15-7)12(18)17(13(19)16-10)9-4-2-8(14)3-5-9/h2-6,15H,1H3,(H,16,19). The summed E-state index contributed by atoms with van der Waals surface area (Å²) in [6.07, 6.45) is 0. The largest absolute Gasteiger partial charge is 0.353 e. The molecule has 3 aromatic rings. The van der Waals surface area contributed by atoms with Gasteiger partial charge in [0.2, 0.25) is 0 Å². The highest BCUT2D eigenvalue weighted by Gasteiger charge is 2.11. The van der Waals surface area contributed by atoms with Gasteiger partial charge in [0, 0.05) is 5.69 Å². The van der Waals surface area contributed by atoms with Crippen molar-refractivity contribution in [2.45, 2.75) is 6.92 Å². The van der Waals surface area contributed by atoms with E-state index in [0.29, 0.717) is 16.7 Å². The van der Waals surface area contributed by atoms with Crippen molar-refractivity contribution in [3.05, 3.63) is 62.7 Å². The van der Waals surface area contributed by atoms with Crippen molar-refractivity contribution in [2.75, 3.05) is 0 Å². The lowest BCUT2D eigenvalue weighted by Crippen LogP contribution is -2.33. The minimum absolute atomic E-state index is 0.321. The van der Waals surface area contributed by atoms with Gasteiger partial charge in [0.15, 0.2) is 0 Å². The topological polar surface area (TPSA) is 70.7 Å². The molecule has 1 aromatic carbocycles. The third-order valence-electron chi connectivity index (χ3n) is 2.90. The fourth-order valence-electron chi connectivity index (χ4n) is 2.06. The molecular weight excluding hydrogens is 249 g/mol. The van der Waals surface area contributed by atoms with E-state index in [4.69, 9.17) is 0 Å². The Labute approximate surface area is 106 Å². The van der Waals surface area contributed by atoms with Crippen LogP contribution >= 0.6 is 0 Å². The van der Waals surface area contributed by atoms with Crippen molar-refractivity contribution < 1.29 is 4.39 Å². The Balaban J connectivity index is 2.38. The molecule has 0 amide bonds. The highest BCUT2D eigenvalue weighted by Crippen LogP contribution is 2.09. The Hall–Kier alpha value is -2.63. The third-order valence-corrected chi connectivity index (χ3v) is 2.90. The van der Waals surface area contributed by atoms with E-state index in [1.807, 2.05) is 0 Å². The van der Waals surface area contributed by atoms with Crippen LogP contribution in [0.15, 0.2) is 39.9 Å². The average molecular weight is 259 g/mol. The van der Waals surface area contributed by atoms with Gasteiger partial charge in [0.05, 0.1) is 11.2 Å². The first-order valence-electron chi connectivity index (χ1n) is 5.67. The second-order valence-electron chi connectivity index (χ2n) is 4.29. The predicted molar refractivity (Wildman–Crippen MR) is 69.2 cm³/mol. The number of rotatable bonds is 1. The maximum Gasteiger partial charge on any atom is 0.333 e. The van der Waals surface area contributed by atoms with E-state index >= 15 is 0 Å². The van der Waals surface area contributed by atoms with Crippen LogP contribution in [0, 0.1) is 12.7 Å². The lowest BCUT2D eigenvalue weighted by molar-refractivity contribution is 0.627. The second kappa shape index (κ2) is 3.94. The van der Waals surface area contributed by atoms with Crippen molar-refractivity contribution in [3.63, 3.8) is 0 Å². The fourth-order valence-corrected chi connectivity index (χ4v) is 2.06. The zero-order chi connectivity index (χ0) is 13.6. The molecule has 0 aliphatic carbocycles. The molecule has 0 bridgehead atoms. The highest BCUT2D eigenvalue weighted by molar-refractivity contribution is 5.74. The number of nitrogens with zero attached hydrogens (tertiary/aromatic N) is 1. The molecule has 0 unspecified atom stereocenters. The number of nitrogens with one attached hydrogen (secondary N) is 2. The number of aromatic amines is 2. The molecule has 19 heavy (non-hydrogen) atoms. The van der Waals surface area contributed by atoms with E-state index in [2.05, 4.69) is 9.97 Å². The SMILES string of the molecule is Cc1cc2[nH]c(=O)n(-c3ccc(F)cc3)c(=O)c2[nH]1. The predicted octanol–water partition coefficient (Wildman–Crippen LogP) is 1.45. The molecular formula is C13H10FN3O2. The Morgan fingerprint density at radius 1 is 1.11 bits per heavy atom. The van der Waals surface area contributed by atoms with Crippen LogP contribution in [0.5, 0.6) is 0 Å². The smallest absolute Gasteiger partial charge is 0.333 e. The maximum absolute atomic E-state index is 12.9. The molecule has 0 fully saturated rings. The van der Waals surface area contributed by atoms with E-state index in [0.717, 1.165) is 10.3 Å². The summed E-state index contributed by atoms with van der Waals surface area (Å²) in [5.74, 6) is -0.426. The minimum atomic E-state index is -0.553. The van der Waals surface area contributed by atoms with Gasteiger partial charge in [0.1, 0.15) is 11.3 Å². The second-order valence-corrected chi connectivity index (χ2v) is 4.29. The van der Waals surface area contributed by atoms with E-state index < -0.39 is 17.1 Å². The van der Waals surface area contributed by atoms with Crippen LogP contribution in [0.4, 0.5) is 4.39 Å². The molecule has 2 heterocycles. The van der Waals surface area contributed by atoms with Crippen LogP contribution < -0.4 is 11.2 Å². The van der Waals surface area contributed by atoms with E-state index in [1.54, 1.807) is 13.0 Å². The number of aryl methyl sites for hydroxylation is 1. The van der Waals surface area contributed by atoms with Gasteiger partial charge < -0.3 is 9.97 Å². The van der Waals surface area contributed by atoms with Crippen molar-refractivity contribution >= 4 is 11.0 Å². The molecule has 3 rings (SSSR count). The number of hydrogen-bond donors (Lipinski definition) is 2. The van der Waals surface area contributed by atoms with Gasteiger partial charge in [-0.3, -0.25) is 4.79 Å². The molecule has 0 atom stereocenters. The fraction of sp³-hybridized carbons (Fsp3) is 0.0769. The van der Waals surface area contributed by atoms with Crippen LogP contribution in [0.2, 0.25) is 0 Å². The first-order valence-corrected chi connectivity index (χ1v) is 5.67. The number of aromatic nitrogens is 3. The first kappa shape index (κ1) is 11.5. The van der Waals surface area contributed by atoms with Crippen LogP contribution in [-0.4, -0.2) is 14.5 Å². The van der Waals surface area contributed by atoms with Gasteiger partial charge in [-0.05, 0) is 37.3 Å². The summed E-state index contributed by atoms with van der Waals surface area (Å²) in [5.41, 5.74) is 0.871. The van der Waals surface area contributed by atoms with Gasteiger partial charge in [-0.1, -0.05) is 0 Å². The Kier molecular flexibility index (Phi) is 2.38. The molecule has 96 valence electrons. The molecule has 0 saturated carbocycles. The summed E-state index contributed by atoms with van der Waals surface area (Å²) in [6, 6.07) is 6.85. The number of benzene rings is 1. The number of H-pyrrole nitrogens is 2. The highest BCUT2D eigenvalue weighted by atomic mass is 19.1. The van der Waals surface area contributed by atoms with Gasteiger partial charge >= 0.3 is 5.69 Å². The zero-order valence-electron chi connectivity index (χ0n) is 10.0. The Bertz CT molecular complexity index is 872. The van der Waals surface area contributed by atoms with Crippen molar-refractivity contribution in [1.29, 1.82) is 0 Å². The van der Waals surface area contributed by atoms with Crippen molar-refractivity contribution in [3.8, 4) is 5.69 Å². The summed E-state index contributed by atoms with van der Waals surface area (Å²) in [4.78, 5) is 29.7. The van der Waals surface area contributed by atoms with Crippen LogP contribution in [0.3, 0.4) is 0 Å². The molecule has 5 nitrogen and oxygen atoms in total. The molecule has 2 N–H and O–H groups in total. The molecule has 0 spiro atoms. The summed E-state index contributed by atoms with van der Waals surface area (Å²) >= 11 is 0. The zero-order valence-corrected chi connectivity index (χ0v) is 10.0. The van der Waals surface area contributed by atoms with Crippen molar-refractivity contribution in [2.24, 2.45) is 0 Å².